The first-order valence-electron chi connectivity index (χ1n) is 20.2. The number of rotatable bonds is 16. The second kappa shape index (κ2) is 22.3. The lowest BCUT2D eigenvalue weighted by atomic mass is 9.71. The van der Waals surface area contributed by atoms with Gasteiger partial charge in [0, 0.05) is 29.0 Å². The molecule has 2 heterocycles. The van der Waals surface area contributed by atoms with Gasteiger partial charge in [-0.15, -0.1) is 22.9 Å². The summed E-state index contributed by atoms with van der Waals surface area (Å²) in [5.41, 5.74) is 2.05. The minimum atomic E-state index is -2.25. The number of ketones is 1. The maximum absolute atomic E-state index is 15.4. The number of alkyl halides is 1. The number of aryl methyl sites for hydroxylation is 1. The van der Waals surface area contributed by atoms with Gasteiger partial charge in [-0.3, -0.25) is 9.59 Å². The molecule has 0 radical (unpaired) electrons. The van der Waals surface area contributed by atoms with Gasteiger partial charge in [-0.1, -0.05) is 92.5 Å². The number of unbranched alkanes of at least 4 members (excludes halogenated alkanes) is 1. The number of thiazole rings is 1. The molecule has 0 aromatic carbocycles. The van der Waals surface area contributed by atoms with Crippen LogP contribution in [0.15, 0.2) is 34.8 Å². The van der Waals surface area contributed by atoms with Crippen molar-refractivity contribution in [2.45, 2.75) is 176 Å². The zero-order chi connectivity index (χ0) is 39.1. The molecule has 296 valence electrons. The fraction of sp³-hybridized carbons (Fsp3) is 0.738. The average molecular weight is 795 g/mol. The number of esters is 1. The molecule has 0 N–H and O–H groups in total. The van der Waals surface area contributed by atoms with Crippen molar-refractivity contribution in [2.75, 3.05) is 5.88 Å². The Balaban J connectivity index is 2.81. The van der Waals surface area contributed by atoms with Crippen molar-refractivity contribution in [1.82, 2.24) is 4.98 Å². The van der Waals surface area contributed by atoms with Crippen molar-refractivity contribution in [3.05, 3.63) is 45.5 Å². The van der Waals surface area contributed by atoms with Crippen molar-refractivity contribution in [1.29, 1.82) is 0 Å². The van der Waals surface area contributed by atoms with E-state index in [0.717, 1.165) is 71.8 Å². The van der Waals surface area contributed by atoms with Gasteiger partial charge in [0.2, 0.25) is 0 Å². The van der Waals surface area contributed by atoms with Crippen LogP contribution in [0.1, 0.15) is 125 Å². The van der Waals surface area contributed by atoms with Gasteiger partial charge in [-0.2, -0.15) is 0 Å². The predicted molar refractivity (Wildman–Crippen MR) is 227 cm³/mol. The number of carbonyl (C=O) groups excluding carboxylic acids is 2. The van der Waals surface area contributed by atoms with Crippen molar-refractivity contribution in [3.8, 4) is 0 Å². The molecule has 1 aliphatic rings. The van der Waals surface area contributed by atoms with Crippen LogP contribution < -0.4 is 0 Å². The van der Waals surface area contributed by atoms with Crippen LogP contribution in [0.4, 0.5) is 0 Å². The van der Waals surface area contributed by atoms with E-state index in [1.165, 1.54) is 5.57 Å². The van der Waals surface area contributed by atoms with Crippen LogP contribution in [0.3, 0.4) is 0 Å². The van der Waals surface area contributed by atoms with E-state index in [9.17, 15) is 4.79 Å². The summed E-state index contributed by atoms with van der Waals surface area (Å²) in [6.07, 6.45) is 11.1. The molecule has 0 fully saturated rings. The predicted octanol–water partition coefficient (Wildman–Crippen LogP) is 12.5. The number of carbonyl (C=O) groups is 2. The van der Waals surface area contributed by atoms with E-state index in [1.807, 2.05) is 39.2 Å². The molecule has 1 aliphatic heterocycles. The summed E-state index contributed by atoms with van der Waals surface area (Å²) >= 11 is 7.82. The van der Waals surface area contributed by atoms with E-state index in [1.54, 1.807) is 11.3 Å². The Morgan fingerprint density at radius 2 is 1.60 bits per heavy atom. The zero-order valence-corrected chi connectivity index (χ0v) is 38.3. The Labute approximate surface area is 328 Å². The fourth-order valence-electron chi connectivity index (χ4n) is 7.56. The Hall–Kier alpha value is -1.37. The third-order valence-corrected chi connectivity index (χ3v) is 22.3. The highest BCUT2D eigenvalue weighted by Crippen LogP contribution is 2.41. The topological polar surface area (TPSA) is 74.7 Å². The molecule has 0 aliphatic carbocycles. The highest BCUT2D eigenvalue weighted by Gasteiger charge is 2.49. The molecular weight excluding hydrogens is 722 g/mol. The monoisotopic (exact) mass is 793 g/mol. The molecule has 0 spiro atoms. The maximum Gasteiger partial charge on any atom is 0.309 e. The average Bonchev–Trinajstić information content (AvgIpc) is 3.54. The number of nitrogens with zero attached hydrogens (tertiary/aromatic N) is 1. The molecule has 10 heteroatoms. The van der Waals surface area contributed by atoms with Crippen LogP contribution in [-0.2, 0) is 23.2 Å². The minimum absolute atomic E-state index is 0.0166. The summed E-state index contributed by atoms with van der Waals surface area (Å²) in [7, 11) is -4.36. The van der Waals surface area contributed by atoms with Crippen LogP contribution in [0.2, 0.25) is 36.3 Å². The van der Waals surface area contributed by atoms with E-state index in [0.29, 0.717) is 18.7 Å². The number of Topliss-reactive ketones (excluding diaryl/α,β-unsaturated/α-hetero) is 1. The van der Waals surface area contributed by atoms with E-state index in [-0.39, 0.29) is 36.1 Å². The molecule has 1 aromatic heterocycles. The Bertz CT molecular complexity index is 1330. The smallest absolute Gasteiger partial charge is 0.309 e. The first-order chi connectivity index (χ1) is 24.6. The minimum Gasteiger partial charge on any atom is -0.457 e. The first kappa shape index (κ1) is 46.8. The molecule has 0 saturated heterocycles. The molecular formula is C42H72ClNO5SSi2. The molecule has 5 atom stereocenters. The fourth-order valence-corrected chi connectivity index (χ4v) is 14.3. The second-order valence-electron chi connectivity index (χ2n) is 15.7. The van der Waals surface area contributed by atoms with E-state index in [2.05, 4.69) is 78.6 Å². The molecule has 2 unspecified atom stereocenters. The lowest BCUT2D eigenvalue weighted by Crippen LogP contribution is -2.53. The standard InChI is InChI=1S/C42H72ClNO5SSi2/c1-13-51(14-2,15-3)48-38-29-39(45)47-37(33(9)28-35-30-50-34(10)44-35)26-25-31(7)22-21-23-32(8)40(49-52(16-4,17-5)18-6)36(24-19-20-27-43)41(46)42(38,11)12/h21,23,25,28,30,32,36-38,40H,13-20,22,24,26-27,29H2,1-12H3/b23-21+,31-25-,33-28+/t32-,36+,37-,38?,40?/m0/s1. The van der Waals surface area contributed by atoms with Crippen LogP contribution >= 0.6 is 22.9 Å². The largest absolute Gasteiger partial charge is 0.457 e. The summed E-state index contributed by atoms with van der Waals surface area (Å²) in [4.78, 5) is 34.2. The van der Waals surface area contributed by atoms with Crippen LogP contribution in [0.5, 0.6) is 0 Å². The molecule has 1 aromatic rings. The van der Waals surface area contributed by atoms with E-state index in [4.69, 9.17) is 25.2 Å². The van der Waals surface area contributed by atoms with Gasteiger partial charge >= 0.3 is 5.97 Å². The normalized spacial score (nSPS) is 26.1. The lowest BCUT2D eigenvalue weighted by Gasteiger charge is -2.44. The summed E-state index contributed by atoms with van der Waals surface area (Å²) in [6, 6.07) is 5.78. The van der Waals surface area contributed by atoms with Gasteiger partial charge in [-0.05, 0) is 93.9 Å². The summed E-state index contributed by atoms with van der Waals surface area (Å²) in [6.45, 7) is 25.7. The number of halogens is 1. The molecule has 2 rings (SSSR count). The Morgan fingerprint density at radius 1 is 1.00 bits per heavy atom. The SMILES string of the molecule is CC[Si](CC)(CC)OC1[C@@H](C)/C=C/C/C(C)=C\C[C@@H](/C(C)=C/c2csc(C)n2)OC(=O)CC(O[Si](CC)(CC)CC)C(C)(C)C(=O)[C@@H]1CCCCCl. The van der Waals surface area contributed by atoms with Gasteiger partial charge in [0.1, 0.15) is 11.9 Å². The number of allylic oxidation sites excluding steroid dienone is 2. The van der Waals surface area contributed by atoms with Gasteiger partial charge in [0.15, 0.2) is 16.6 Å². The van der Waals surface area contributed by atoms with Crippen molar-refractivity contribution in [2.24, 2.45) is 17.3 Å². The quantitative estimate of drug-likeness (QED) is 0.0545. The Morgan fingerprint density at radius 3 is 2.13 bits per heavy atom. The molecule has 6 nitrogen and oxygen atoms in total. The van der Waals surface area contributed by atoms with Crippen LogP contribution in [0.25, 0.3) is 6.08 Å². The molecule has 0 saturated carbocycles. The first-order valence-corrected chi connectivity index (χ1v) is 26.6. The number of hydrogen-bond donors (Lipinski definition) is 0. The number of cyclic esters (lactones) is 1. The van der Waals surface area contributed by atoms with E-state index >= 15 is 4.79 Å². The number of hydrogen-bond acceptors (Lipinski definition) is 7. The number of ether oxygens (including phenoxy) is 1. The van der Waals surface area contributed by atoms with Crippen LogP contribution in [-0.4, -0.2) is 57.6 Å². The van der Waals surface area contributed by atoms with Gasteiger partial charge < -0.3 is 13.6 Å². The van der Waals surface area contributed by atoms with Crippen molar-refractivity contribution < 1.29 is 23.2 Å². The summed E-state index contributed by atoms with van der Waals surface area (Å²) in [5.74, 6) is 0.00771. The Kier molecular flexibility index (Phi) is 20.0. The highest BCUT2D eigenvalue weighted by atomic mass is 35.5. The third kappa shape index (κ3) is 13.1. The van der Waals surface area contributed by atoms with E-state index < -0.39 is 34.3 Å². The van der Waals surface area contributed by atoms with Crippen molar-refractivity contribution in [3.63, 3.8) is 0 Å². The van der Waals surface area contributed by atoms with Gasteiger partial charge in [0.25, 0.3) is 0 Å². The lowest BCUT2D eigenvalue weighted by molar-refractivity contribution is -0.153. The molecule has 0 amide bonds. The second-order valence-corrected chi connectivity index (χ2v) is 26.6. The van der Waals surface area contributed by atoms with Gasteiger partial charge in [0.05, 0.1) is 29.3 Å². The highest BCUT2D eigenvalue weighted by molar-refractivity contribution is 7.09. The maximum atomic E-state index is 15.4. The van der Waals surface area contributed by atoms with Gasteiger partial charge in [-0.25, -0.2) is 4.98 Å². The summed E-state index contributed by atoms with van der Waals surface area (Å²) in [5, 5.41) is 3.02. The molecule has 52 heavy (non-hydrogen) atoms. The number of aromatic nitrogens is 1. The summed E-state index contributed by atoms with van der Waals surface area (Å²) < 4.78 is 21.0. The zero-order valence-electron chi connectivity index (χ0n) is 34.7. The third-order valence-electron chi connectivity index (χ3n) is 11.9. The molecule has 0 bridgehead atoms. The van der Waals surface area contributed by atoms with Crippen LogP contribution in [0, 0.1) is 24.2 Å². The van der Waals surface area contributed by atoms with Crippen molar-refractivity contribution >= 4 is 57.4 Å².